The van der Waals surface area contributed by atoms with Crippen LogP contribution in [0.2, 0.25) is 5.02 Å². The van der Waals surface area contributed by atoms with Gasteiger partial charge in [0, 0.05) is 10.7 Å². The Hall–Kier alpha value is -1.59. The third-order valence-corrected chi connectivity index (χ3v) is 3.78. The van der Waals surface area contributed by atoms with Gasteiger partial charge in [-0.25, -0.2) is 0 Å². The molecule has 0 aliphatic heterocycles. The molecule has 6 heteroatoms. The van der Waals surface area contributed by atoms with Gasteiger partial charge in [-0.1, -0.05) is 17.7 Å². The molecule has 1 atom stereocenters. The molecule has 108 valence electrons. The lowest BCUT2D eigenvalue weighted by Gasteiger charge is -2.31. The van der Waals surface area contributed by atoms with Crippen LogP contribution >= 0.6 is 11.6 Å². The molecule has 1 fully saturated rings. The summed E-state index contributed by atoms with van der Waals surface area (Å²) in [6, 6.07) is 6.54. The monoisotopic (exact) mass is 296 g/mol. The maximum atomic E-state index is 12.6. The molecule has 0 saturated heterocycles. The summed E-state index contributed by atoms with van der Waals surface area (Å²) >= 11 is 5.90. The van der Waals surface area contributed by atoms with Crippen LogP contribution < -0.4 is 10.6 Å². The van der Waals surface area contributed by atoms with Gasteiger partial charge in [0.25, 0.3) is 0 Å². The van der Waals surface area contributed by atoms with E-state index >= 15 is 0 Å². The van der Waals surface area contributed by atoms with E-state index in [1.54, 1.807) is 31.2 Å². The smallest absolute Gasteiger partial charge is 0.323 e. The van der Waals surface area contributed by atoms with Crippen LogP contribution in [0.1, 0.15) is 19.8 Å². The van der Waals surface area contributed by atoms with Crippen LogP contribution in [-0.4, -0.2) is 29.1 Å². The first-order valence-corrected chi connectivity index (χ1v) is 6.78. The Morgan fingerprint density at radius 2 is 2.15 bits per heavy atom. The highest BCUT2D eigenvalue weighted by molar-refractivity contribution is 6.31. The molecule has 1 aliphatic rings. The van der Waals surface area contributed by atoms with Crippen molar-refractivity contribution in [3.63, 3.8) is 0 Å². The molecule has 5 nitrogen and oxygen atoms in total. The standard InChI is InChI=1S/C14H17ClN2O3/c1-14(16,9-5-6-9)13(20)17(8-12(18)19)11-4-2-3-10(15)7-11/h2-4,7,9H,5-6,8,16H2,1H3,(H,18,19). The van der Waals surface area contributed by atoms with Crippen LogP contribution in [-0.2, 0) is 9.59 Å². The summed E-state index contributed by atoms with van der Waals surface area (Å²) in [4.78, 5) is 24.8. The molecule has 1 amide bonds. The fourth-order valence-corrected chi connectivity index (χ4v) is 2.39. The molecule has 0 heterocycles. The van der Waals surface area contributed by atoms with Gasteiger partial charge < -0.3 is 10.8 Å². The second-order valence-electron chi connectivity index (χ2n) is 5.32. The second-order valence-corrected chi connectivity index (χ2v) is 5.76. The average Bonchev–Trinajstić information content (AvgIpc) is 3.19. The van der Waals surface area contributed by atoms with Crippen LogP contribution in [0.25, 0.3) is 0 Å². The Bertz CT molecular complexity index is 541. The molecular formula is C14H17ClN2O3. The zero-order valence-electron chi connectivity index (χ0n) is 11.2. The molecule has 1 aromatic carbocycles. The number of hydrogen-bond donors (Lipinski definition) is 2. The van der Waals surface area contributed by atoms with Gasteiger partial charge in [0.15, 0.2) is 0 Å². The first-order valence-electron chi connectivity index (χ1n) is 6.40. The lowest BCUT2D eigenvalue weighted by molar-refractivity contribution is -0.137. The van der Waals surface area contributed by atoms with Crippen LogP contribution in [0.5, 0.6) is 0 Å². The summed E-state index contributed by atoms with van der Waals surface area (Å²) < 4.78 is 0. The van der Waals surface area contributed by atoms with E-state index in [1.165, 1.54) is 4.90 Å². The van der Waals surface area contributed by atoms with Crippen molar-refractivity contribution in [2.24, 2.45) is 11.7 Å². The van der Waals surface area contributed by atoms with Crippen LogP contribution in [0.4, 0.5) is 5.69 Å². The van der Waals surface area contributed by atoms with Gasteiger partial charge in [0.1, 0.15) is 6.54 Å². The minimum atomic E-state index is -1.09. The van der Waals surface area contributed by atoms with Crippen molar-refractivity contribution < 1.29 is 14.7 Å². The number of carbonyl (C=O) groups is 2. The Kier molecular flexibility index (Phi) is 4.01. The zero-order valence-corrected chi connectivity index (χ0v) is 11.9. The van der Waals surface area contributed by atoms with Crippen molar-refractivity contribution in [3.8, 4) is 0 Å². The number of carboxylic acids is 1. The Balaban J connectivity index is 2.32. The molecule has 1 unspecified atom stereocenters. The van der Waals surface area contributed by atoms with Gasteiger partial charge in [0.05, 0.1) is 5.54 Å². The average molecular weight is 297 g/mol. The molecule has 2 rings (SSSR count). The largest absolute Gasteiger partial charge is 0.480 e. The Morgan fingerprint density at radius 3 is 2.65 bits per heavy atom. The summed E-state index contributed by atoms with van der Waals surface area (Å²) in [5, 5.41) is 9.46. The number of amides is 1. The topological polar surface area (TPSA) is 83.6 Å². The Morgan fingerprint density at radius 1 is 1.50 bits per heavy atom. The number of anilines is 1. The van der Waals surface area contributed by atoms with Crippen molar-refractivity contribution >= 4 is 29.2 Å². The molecular weight excluding hydrogens is 280 g/mol. The van der Waals surface area contributed by atoms with E-state index in [9.17, 15) is 9.59 Å². The molecule has 1 aromatic rings. The Labute approximate surface area is 122 Å². The lowest BCUT2D eigenvalue weighted by Crippen LogP contribution is -2.56. The van der Waals surface area contributed by atoms with E-state index in [1.807, 2.05) is 0 Å². The molecule has 20 heavy (non-hydrogen) atoms. The summed E-state index contributed by atoms with van der Waals surface area (Å²) in [5.74, 6) is -1.36. The molecule has 1 aliphatic carbocycles. The number of halogens is 1. The van der Waals surface area contributed by atoms with Gasteiger partial charge in [-0.15, -0.1) is 0 Å². The van der Waals surface area contributed by atoms with Crippen LogP contribution in [0, 0.1) is 5.92 Å². The molecule has 0 radical (unpaired) electrons. The van der Waals surface area contributed by atoms with Crippen molar-refractivity contribution in [1.29, 1.82) is 0 Å². The number of nitrogens with zero attached hydrogens (tertiary/aromatic N) is 1. The van der Waals surface area contributed by atoms with E-state index in [4.69, 9.17) is 22.4 Å². The van der Waals surface area contributed by atoms with Crippen molar-refractivity contribution in [1.82, 2.24) is 0 Å². The fourth-order valence-electron chi connectivity index (χ4n) is 2.21. The summed E-state index contributed by atoms with van der Waals surface area (Å²) in [6.45, 7) is 1.23. The lowest BCUT2D eigenvalue weighted by atomic mass is 9.95. The van der Waals surface area contributed by atoms with Gasteiger partial charge in [0.2, 0.25) is 5.91 Å². The first kappa shape index (κ1) is 14.8. The van der Waals surface area contributed by atoms with E-state index in [0.29, 0.717) is 10.7 Å². The minimum absolute atomic E-state index is 0.116. The molecule has 0 spiro atoms. The third-order valence-electron chi connectivity index (χ3n) is 3.54. The predicted octanol–water partition coefficient (Wildman–Crippen LogP) is 1.89. The van der Waals surface area contributed by atoms with E-state index in [0.717, 1.165) is 12.8 Å². The molecule has 3 N–H and O–H groups in total. The van der Waals surface area contributed by atoms with E-state index < -0.39 is 18.1 Å². The second kappa shape index (κ2) is 5.42. The molecule has 0 bridgehead atoms. The van der Waals surface area contributed by atoms with Crippen molar-refractivity contribution in [2.75, 3.05) is 11.4 Å². The highest BCUT2D eigenvalue weighted by atomic mass is 35.5. The number of aliphatic carboxylic acids is 1. The van der Waals surface area contributed by atoms with E-state index in [-0.39, 0.29) is 11.8 Å². The van der Waals surface area contributed by atoms with Crippen LogP contribution in [0.3, 0.4) is 0 Å². The first-order chi connectivity index (χ1) is 9.32. The summed E-state index contributed by atoms with van der Waals surface area (Å²) in [5.41, 5.74) is 5.50. The predicted molar refractivity (Wildman–Crippen MR) is 76.8 cm³/mol. The fraction of sp³-hybridized carbons (Fsp3) is 0.429. The quantitative estimate of drug-likeness (QED) is 0.869. The van der Waals surface area contributed by atoms with E-state index in [2.05, 4.69) is 0 Å². The maximum Gasteiger partial charge on any atom is 0.323 e. The highest BCUT2D eigenvalue weighted by Gasteiger charge is 2.46. The van der Waals surface area contributed by atoms with Gasteiger partial charge >= 0.3 is 5.97 Å². The number of hydrogen-bond acceptors (Lipinski definition) is 3. The third kappa shape index (κ3) is 3.11. The van der Waals surface area contributed by atoms with Gasteiger partial charge in [-0.05, 0) is 43.9 Å². The number of rotatable bonds is 5. The summed E-state index contributed by atoms with van der Waals surface area (Å²) in [7, 11) is 0. The number of carboxylic acid groups (broad SMARTS) is 1. The van der Waals surface area contributed by atoms with Crippen molar-refractivity contribution in [3.05, 3.63) is 29.3 Å². The van der Waals surface area contributed by atoms with Crippen LogP contribution in [0.15, 0.2) is 24.3 Å². The summed E-state index contributed by atoms with van der Waals surface area (Å²) in [6.07, 6.45) is 1.80. The SMILES string of the molecule is CC(N)(C(=O)N(CC(=O)O)c1cccc(Cl)c1)C1CC1. The molecule has 0 aromatic heterocycles. The normalized spacial score (nSPS) is 17.4. The van der Waals surface area contributed by atoms with Gasteiger partial charge in [-0.3, -0.25) is 14.5 Å². The number of carbonyl (C=O) groups excluding carboxylic acids is 1. The maximum absolute atomic E-state index is 12.6. The zero-order chi connectivity index (χ0) is 14.9. The number of benzene rings is 1. The minimum Gasteiger partial charge on any atom is -0.480 e. The van der Waals surface area contributed by atoms with Crippen molar-refractivity contribution in [2.45, 2.75) is 25.3 Å². The van der Waals surface area contributed by atoms with Gasteiger partial charge in [-0.2, -0.15) is 0 Å². The number of nitrogens with two attached hydrogens (primary N) is 1. The highest BCUT2D eigenvalue weighted by Crippen LogP contribution is 2.39. The molecule has 1 saturated carbocycles.